The number of benzene rings is 1. The molecule has 3 heterocycles. The quantitative estimate of drug-likeness (QED) is 0.719. The molecular weight excluding hydrogens is 324 g/mol. The fourth-order valence-electron chi connectivity index (χ4n) is 3.76. The first kappa shape index (κ1) is 16.8. The molecule has 5 nitrogen and oxygen atoms in total. The molecule has 0 radical (unpaired) electrons. The van der Waals surface area contributed by atoms with Crippen LogP contribution in [0, 0.1) is 5.92 Å². The van der Waals surface area contributed by atoms with Gasteiger partial charge in [-0.2, -0.15) is 5.10 Å². The van der Waals surface area contributed by atoms with Crippen LogP contribution in [0.15, 0.2) is 42.6 Å². The number of fused-ring (bicyclic) bond motifs is 1. The lowest BCUT2D eigenvalue weighted by Gasteiger charge is -2.31. The van der Waals surface area contributed by atoms with Crippen molar-refractivity contribution in [1.29, 1.82) is 0 Å². The number of pyridine rings is 1. The molecule has 0 bridgehead atoms. The predicted molar refractivity (Wildman–Crippen MR) is 103 cm³/mol. The third-order valence-corrected chi connectivity index (χ3v) is 5.15. The van der Waals surface area contributed by atoms with Crippen molar-refractivity contribution in [3.05, 3.63) is 48.2 Å². The molecular formula is C21H24N4O. The summed E-state index contributed by atoms with van der Waals surface area (Å²) in [5.41, 5.74) is 3.32. The number of piperidine rings is 1. The summed E-state index contributed by atoms with van der Waals surface area (Å²) >= 11 is 0. The number of likely N-dealkylation sites (tertiary alicyclic amines) is 1. The lowest BCUT2D eigenvalue weighted by molar-refractivity contribution is 0.0685. The minimum Gasteiger partial charge on any atom is -0.338 e. The van der Waals surface area contributed by atoms with Gasteiger partial charge in [0.05, 0.1) is 22.8 Å². The van der Waals surface area contributed by atoms with E-state index < -0.39 is 0 Å². The fraction of sp³-hybridized carbons (Fsp3) is 0.381. The van der Waals surface area contributed by atoms with E-state index in [4.69, 9.17) is 4.98 Å². The maximum Gasteiger partial charge on any atom is 0.254 e. The first-order valence-electron chi connectivity index (χ1n) is 9.38. The van der Waals surface area contributed by atoms with Crippen molar-refractivity contribution < 1.29 is 4.79 Å². The Bertz CT molecular complexity index is 932. The van der Waals surface area contributed by atoms with Gasteiger partial charge in [0.1, 0.15) is 0 Å². The van der Waals surface area contributed by atoms with Crippen LogP contribution in [0.1, 0.15) is 37.0 Å². The highest BCUT2D eigenvalue weighted by Gasteiger charge is 2.25. The average molecular weight is 348 g/mol. The van der Waals surface area contributed by atoms with Gasteiger partial charge in [-0.05, 0) is 31.7 Å². The minimum absolute atomic E-state index is 0.0942. The van der Waals surface area contributed by atoms with E-state index >= 15 is 0 Å². The molecule has 0 N–H and O–H groups in total. The number of carbonyl (C=O) groups is 1. The second-order valence-electron chi connectivity index (χ2n) is 7.12. The number of rotatable bonds is 3. The SMILES string of the molecule is CCn1ncc2c(C(=O)N3CCC[C@H](C)C3)cc(-c3ccccc3)nc21. The summed E-state index contributed by atoms with van der Waals surface area (Å²) in [6.07, 6.45) is 4.04. The normalized spacial score (nSPS) is 17.6. The van der Waals surface area contributed by atoms with Gasteiger partial charge in [-0.15, -0.1) is 0 Å². The van der Waals surface area contributed by atoms with E-state index in [9.17, 15) is 4.79 Å². The van der Waals surface area contributed by atoms with Crippen LogP contribution in [-0.4, -0.2) is 38.7 Å². The summed E-state index contributed by atoms with van der Waals surface area (Å²) in [6.45, 7) is 6.63. The summed E-state index contributed by atoms with van der Waals surface area (Å²) in [6, 6.07) is 12.0. The van der Waals surface area contributed by atoms with Gasteiger partial charge in [-0.1, -0.05) is 37.3 Å². The van der Waals surface area contributed by atoms with Crippen LogP contribution < -0.4 is 0 Å². The monoisotopic (exact) mass is 348 g/mol. The zero-order valence-electron chi connectivity index (χ0n) is 15.4. The molecule has 0 spiro atoms. The van der Waals surface area contributed by atoms with Gasteiger partial charge in [-0.25, -0.2) is 9.67 Å². The Balaban J connectivity index is 1.84. The number of carbonyl (C=O) groups excluding carboxylic acids is 1. The largest absolute Gasteiger partial charge is 0.338 e. The molecule has 3 aromatic rings. The third kappa shape index (κ3) is 2.98. The molecule has 134 valence electrons. The Hall–Kier alpha value is -2.69. The molecule has 1 amide bonds. The van der Waals surface area contributed by atoms with E-state index in [1.165, 1.54) is 6.42 Å². The first-order chi connectivity index (χ1) is 12.7. The van der Waals surface area contributed by atoms with Crippen molar-refractivity contribution in [1.82, 2.24) is 19.7 Å². The summed E-state index contributed by atoms with van der Waals surface area (Å²) in [5.74, 6) is 0.647. The number of aromatic nitrogens is 3. The smallest absolute Gasteiger partial charge is 0.254 e. The van der Waals surface area contributed by atoms with Gasteiger partial charge in [-0.3, -0.25) is 4.79 Å². The van der Waals surface area contributed by atoms with Crippen molar-refractivity contribution >= 4 is 16.9 Å². The molecule has 1 aliphatic heterocycles. The maximum absolute atomic E-state index is 13.3. The fourth-order valence-corrected chi connectivity index (χ4v) is 3.76. The Morgan fingerprint density at radius 3 is 2.81 bits per heavy atom. The zero-order chi connectivity index (χ0) is 18.1. The van der Waals surface area contributed by atoms with Gasteiger partial charge in [0.2, 0.25) is 0 Å². The topological polar surface area (TPSA) is 51.0 Å². The maximum atomic E-state index is 13.3. The van der Waals surface area contributed by atoms with E-state index in [2.05, 4.69) is 12.0 Å². The number of hydrogen-bond acceptors (Lipinski definition) is 3. The molecule has 2 aromatic heterocycles. The molecule has 1 fully saturated rings. The third-order valence-electron chi connectivity index (χ3n) is 5.15. The highest BCUT2D eigenvalue weighted by atomic mass is 16.2. The average Bonchev–Trinajstić information content (AvgIpc) is 3.10. The number of aryl methyl sites for hydroxylation is 1. The van der Waals surface area contributed by atoms with Crippen LogP contribution in [0.3, 0.4) is 0 Å². The standard InChI is InChI=1S/C21H24N4O/c1-3-25-20-18(13-22-25)17(21(26)24-11-7-8-15(2)14-24)12-19(23-20)16-9-5-4-6-10-16/h4-6,9-10,12-13,15H,3,7-8,11,14H2,1-2H3/t15-/m0/s1. The highest BCUT2D eigenvalue weighted by molar-refractivity contribution is 6.06. The van der Waals surface area contributed by atoms with E-state index in [0.717, 1.165) is 48.3 Å². The highest BCUT2D eigenvalue weighted by Crippen LogP contribution is 2.27. The zero-order valence-corrected chi connectivity index (χ0v) is 15.4. The van der Waals surface area contributed by atoms with Crippen LogP contribution in [0.2, 0.25) is 0 Å². The Kier molecular flexibility index (Phi) is 4.45. The summed E-state index contributed by atoms with van der Waals surface area (Å²) in [5, 5.41) is 5.28. The van der Waals surface area contributed by atoms with E-state index in [0.29, 0.717) is 11.5 Å². The van der Waals surface area contributed by atoms with E-state index in [1.807, 2.05) is 52.9 Å². The Morgan fingerprint density at radius 1 is 1.27 bits per heavy atom. The number of nitrogens with zero attached hydrogens (tertiary/aromatic N) is 4. The molecule has 0 unspecified atom stereocenters. The molecule has 4 rings (SSSR count). The Labute approximate surface area is 153 Å². The van der Waals surface area contributed by atoms with E-state index in [-0.39, 0.29) is 5.91 Å². The molecule has 1 aromatic carbocycles. The van der Waals surface area contributed by atoms with E-state index in [1.54, 1.807) is 6.20 Å². The molecule has 1 aliphatic rings. The van der Waals surface area contributed by atoms with Crippen LogP contribution in [0.25, 0.3) is 22.3 Å². The second-order valence-corrected chi connectivity index (χ2v) is 7.12. The van der Waals surface area contributed by atoms with Crippen LogP contribution >= 0.6 is 0 Å². The molecule has 0 saturated carbocycles. The molecule has 5 heteroatoms. The molecule has 1 atom stereocenters. The summed E-state index contributed by atoms with van der Waals surface area (Å²) in [4.78, 5) is 20.1. The van der Waals surface area contributed by atoms with Gasteiger partial charge >= 0.3 is 0 Å². The predicted octanol–water partition coefficient (Wildman–Crippen LogP) is 3.99. The number of hydrogen-bond donors (Lipinski definition) is 0. The van der Waals surface area contributed by atoms with Gasteiger partial charge in [0.25, 0.3) is 5.91 Å². The molecule has 0 aliphatic carbocycles. The van der Waals surface area contributed by atoms with Crippen LogP contribution in [-0.2, 0) is 6.54 Å². The van der Waals surface area contributed by atoms with Crippen molar-refractivity contribution in [2.24, 2.45) is 5.92 Å². The van der Waals surface area contributed by atoms with Gasteiger partial charge in [0, 0.05) is 25.2 Å². The Morgan fingerprint density at radius 2 is 2.08 bits per heavy atom. The van der Waals surface area contributed by atoms with Crippen molar-refractivity contribution in [2.45, 2.75) is 33.2 Å². The molecule has 1 saturated heterocycles. The van der Waals surface area contributed by atoms with Crippen LogP contribution in [0.5, 0.6) is 0 Å². The molecule has 26 heavy (non-hydrogen) atoms. The summed E-state index contributed by atoms with van der Waals surface area (Å²) in [7, 11) is 0. The number of amides is 1. The van der Waals surface area contributed by atoms with Gasteiger partial charge < -0.3 is 4.90 Å². The van der Waals surface area contributed by atoms with Crippen molar-refractivity contribution in [3.63, 3.8) is 0 Å². The first-order valence-corrected chi connectivity index (χ1v) is 9.38. The van der Waals surface area contributed by atoms with Crippen molar-refractivity contribution in [3.8, 4) is 11.3 Å². The lowest BCUT2D eigenvalue weighted by atomic mass is 9.99. The summed E-state index contributed by atoms with van der Waals surface area (Å²) < 4.78 is 1.86. The van der Waals surface area contributed by atoms with Crippen LogP contribution in [0.4, 0.5) is 0 Å². The minimum atomic E-state index is 0.0942. The second kappa shape index (κ2) is 6.90. The van der Waals surface area contributed by atoms with Crippen molar-refractivity contribution in [2.75, 3.05) is 13.1 Å². The van der Waals surface area contributed by atoms with Gasteiger partial charge in [0.15, 0.2) is 5.65 Å². The lowest BCUT2D eigenvalue weighted by Crippen LogP contribution is -2.39.